The first-order chi connectivity index (χ1) is 12.0. The molecule has 1 saturated carbocycles. The SMILES string of the molecule is CN(CC1CCCCC1)C(=O)CNC(=O)c1ccc(OC(F)F)cc1. The summed E-state index contributed by atoms with van der Waals surface area (Å²) in [6, 6.07) is 5.34. The van der Waals surface area contributed by atoms with Crippen LogP contribution in [0.25, 0.3) is 0 Å². The Labute approximate surface area is 146 Å². The van der Waals surface area contributed by atoms with Gasteiger partial charge in [-0.05, 0) is 43.0 Å². The van der Waals surface area contributed by atoms with Crippen molar-refractivity contribution in [1.82, 2.24) is 10.2 Å². The number of benzene rings is 1. The molecule has 0 spiro atoms. The van der Waals surface area contributed by atoms with E-state index in [4.69, 9.17) is 0 Å². The third-order valence-corrected chi connectivity index (χ3v) is 4.42. The van der Waals surface area contributed by atoms with Crippen molar-refractivity contribution in [1.29, 1.82) is 0 Å². The van der Waals surface area contributed by atoms with Crippen molar-refractivity contribution >= 4 is 11.8 Å². The first-order valence-electron chi connectivity index (χ1n) is 8.52. The number of likely N-dealkylation sites (N-methyl/N-ethyl adjacent to an activating group) is 1. The third-order valence-electron chi connectivity index (χ3n) is 4.42. The Morgan fingerprint density at radius 3 is 2.44 bits per heavy atom. The molecule has 0 saturated heterocycles. The summed E-state index contributed by atoms with van der Waals surface area (Å²) in [5.74, 6) is -0.0461. The second kappa shape index (κ2) is 9.34. The molecule has 138 valence electrons. The van der Waals surface area contributed by atoms with Gasteiger partial charge < -0.3 is 15.0 Å². The van der Waals surface area contributed by atoms with Crippen molar-refractivity contribution < 1.29 is 23.1 Å². The average Bonchev–Trinajstić information content (AvgIpc) is 2.60. The van der Waals surface area contributed by atoms with E-state index in [0.29, 0.717) is 12.5 Å². The minimum absolute atomic E-state index is 0.0187. The fourth-order valence-electron chi connectivity index (χ4n) is 3.04. The molecule has 2 amide bonds. The molecule has 1 aromatic rings. The van der Waals surface area contributed by atoms with Crippen LogP contribution in [0.1, 0.15) is 42.5 Å². The van der Waals surface area contributed by atoms with Gasteiger partial charge in [-0.1, -0.05) is 19.3 Å². The van der Waals surface area contributed by atoms with Crippen molar-refractivity contribution in [2.24, 2.45) is 5.92 Å². The van der Waals surface area contributed by atoms with Crippen LogP contribution in [0, 0.1) is 5.92 Å². The number of carbonyl (C=O) groups excluding carboxylic acids is 2. The van der Waals surface area contributed by atoms with Crippen molar-refractivity contribution in [2.45, 2.75) is 38.7 Å². The maximum atomic E-state index is 12.1. The minimum atomic E-state index is -2.91. The third kappa shape index (κ3) is 6.32. The zero-order chi connectivity index (χ0) is 18.2. The van der Waals surface area contributed by atoms with E-state index in [1.165, 1.54) is 43.5 Å². The number of hydrogen-bond acceptors (Lipinski definition) is 3. The molecule has 0 bridgehead atoms. The summed E-state index contributed by atoms with van der Waals surface area (Å²) in [6.45, 7) is -2.27. The predicted molar refractivity (Wildman–Crippen MR) is 89.6 cm³/mol. The lowest BCUT2D eigenvalue weighted by molar-refractivity contribution is -0.129. The first-order valence-corrected chi connectivity index (χ1v) is 8.52. The molecule has 0 unspecified atom stereocenters. The van der Waals surface area contributed by atoms with E-state index in [1.807, 2.05) is 0 Å². The maximum absolute atomic E-state index is 12.1. The topological polar surface area (TPSA) is 58.6 Å². The van der Waals surface area contributed by atoms with Crippen LogP contribution in [0.5, 0.6) is 5.75 Å². The lowest BCUT2D eigenvalue weighted by Gasteiger charge is -2.27. The van der Waals surface area contributed by atoms with Gasteiger partial charge in [0.1, 0.15) is 5.75 Å². The highest BCUT2D eigenvalue weighted by atomic mass is 19.3. The van der Waals surface area contributed by atoms with Gasteiger partial charge in [0.25, 0.3) is 5.91 Å². The van der Waals surface area contributed by atoms with Crippen LogP contribution in [0.2, 0.25) is 0 Å². The number of rotatable bonds is 7. The van der Waals surface area contributed by atoms with Crippen LogP contribution in [-0.2, 0) is 4.79 Å². The van der Waals surface area contributed by atoms with Gasteiger partial charge in [0, 0.05) is 19.2 Å². The normalized spacial score (nSPS) is 15.0. The number of ether oxygens (including phenoxy) is 1. The summed E-state index contributed by atoms with van der Waals surface area (Å²) < 4.78 is 28.4. The predicted octanol–water partition coefficient (Wildman–Crippen LogP) is 3.06. The number of alkyl halides is 2. The molecular formula is C18H24F2N2O3. The number of nitrogens with zero attached hydrogens (tertiary/aromatic N) is 1. The molecule has 1 aliphatic carbocycles. The fourth-order valence-corrected chi connectivity index (χ4v) is 3.04. The summed E-state index contributed by atoms with van der Waals surface area (Å²) in [5.41, 5.74) is 0.282. The fraction of sp³-hybridized carbons (Fsp3) is 0.556. The van der Waals surface area contributed by atoms with Crippen LogP contribution < -0.4 is 10.1 Å². The summed E-state index contributed by atoms with van der Waals surface area (Å²) in [5, 5.41) is 2.56. The lowest BCUT2D eigenvalue weighted by Crippen LogP contribution is -2.40. The molecule has 0 radical (unpaired) electrons. The number of amides is 2. The Kier molecular flexibility index (Phi) is 7.16. The number of halogens is 2. The van der Waals surface area contributed by atoms with Crippen LogP contribution in [0.4, 0.5) is 8.78 Å². The van der Waals surface area contributed by atoms with E-state index < -0.39 is 12.5 Å². The van der Waals surface area contributed by atoms with E-state index >= 15 is 0 Å². The number of carbonyl (C=O) groups is 2. The Hall–Kier alpha value is -2.18. The highest BCUT2D eigenvalue weighted by Gasteiger charge is 2.18. The molecule has 1 fully saturated rings. The van der Waals surface area contributed by atoms with Crippen LogP contribution in [0.3, 0.4) is 0 Å². The summed E-state index contributed by atoms with van der Waals surface area (Å²) in [7, 11) is 1.75. The van der Waals surface area contributed by atoms with E-state index in [9.17, 15) is 18.4 Å². The molecule has 0 heterocycles. The van der Waals surface area contributed by atoms with Crippen molar-refractivity contribution in [3.05, 3.63) is 29.8 Å². The highest BCUT2D eigenvalue weighted by molar-refractivity contribution is 5.96. The van der Waals surface area contributed by atoms with Crippen LogP contribution in [0.15, 0.2) is 24.3 Å². The lowest BCUT2D eigenvalue weighted by atomic mass is 9.89. The Morgan fingerprint density at radius 1 is 1.20 bits per heavy atom. The molecule has 1 aromatic carbocycles. The maximum Gasteiger partial charge on any atom is 0.387 e. The van der Waals surface area contributed by atoms with Crippen LogP contribution >= 0.6 is 0 Å². The zero-order valence-corrected chi connectivity index (χ0v) is 14.3. The van der Waals surface area contributed by atoms with Gasteiger partial charge in [-0.3, -0.25) is 9.59 Å². The molecular weight excluding hydrogens is 330 g/mol. The molecule has 25 heavy (non-hydrogen) atoms. The van der Waals surface area contributed by atoms with Crippen molar-refractivity contribution in [3.8, 4) is 5.75 Å². The Bertz CT molecular complexity index is 572. The van der Waals surface area contributed by atoms with E-state index in [1.54, 1.807) is 11.9 Å². The van der Waals surface area contributed by atoms with Gasteiger partial charge >= 0.3 is 6.61 Å². The van der Waals surface area contributed by atoms with Crippen LogP contribution in [-0.4, -0.2) is 43.5 Å². The summed E-state index contributed by atoms with van der Waals surface area (Å²) in [4.78, 5) is 25.8. The van der Waals surface area contributed by atoms with Gasteiger partial charge in [0.15, 0.2) is 0 Å². The summed E-state index contributed by atoms with van der Waals surface area (Å²) in [6.07, 6.45) is 6.00. The molecule has 5 nitrogen and oxygen atoms in total. The second-order valence-electron chi connectivity index (χ2n) is 6.36. The molecule has 0 atom stereocenters. The minimum Gasteiger partial charge on any atom is -0.435 e. The summed E-state index contributed by atoms with van der Waals surface area (Å²) >= 11 is 0. The second-order valence-corrected chi connectivity index (χ2v) is 6.36. The van der Waals surface area contributed by atoms with Gasteiger partial charge in [-0.15, -0.1) is 0 Å². The van der Waals surface area contributed by atoms with Crippen molar-refractivity contribution in [3.63, 3.8) is 0 Å². The molecule has 0 aliphatic heterocycles. The Morgan fingerprint density at radius 2 is 1.84 bits per heavy atom. The molecule has 0 aromatic heterocycles. The molecule has 1 aliphatic rings. The van der Waals surface area contributed by atoms with Gasteiger partial charge in [0.05, 0.1) is 6.54 Å². The van der Waals surface area contributed by atoms with E-state index in [-0.39, 0.29) is 23.8 Å². The van der Waals surface area contributed by atoms with Gasteiger partial charge in [-0.25, -0.2) is 0 Å². The van der Waals surface area contributed by atoms with Crippen molar-refractivity contribution in [2.75, 3.05) is 20.1 Å². The quantitative estimate of drug-likeness (QED) is 0.819. The molecule has 2 rings (SSSR count). The van der Waals surface area contributed by atoms with E-state index in [2.05, 4.69) is 10.1 Å². The average molecular weight is 354 g/mol. The molecule has 7 heteroatoms. The van der Waals surface area contributed by atoms with Gasteiger partial charge in [-0.2, -0.15) is 8.78 Å². The highest BCUT2D eigenvalue weighted by Crippen LogP contribution is 2.24. The Balaban J connectivity index is 1.77. The number of hydrogen-bond donors (Lipinski definition) is 1. The monoisotopic (exact) mass is 354 g/mol. The van der Waals surface area contributed by atoms with Gasteiger partial charge in [0.2, 0.25) is 5.91 Å². The number of nitrogens with one attached hydrogen (secondary N) is 1. The largest absolute Gasteiger partial charge is 0.435 e. The smallest absolute Gasteiger partial charge is 0.387 e. The first kappa shape index (κ1) is 19.1. The van der Waals surface area contributed by atoms with E-state index in [0.717, 1.165) is 12.8 Å². The zero-order valence-electron chi connectivity index (χ0n) is 14.3. The molecule has 1 N–H and O–H groups in total. The standard InChI is InChI=1S/C18H24F2N2O3/c1-22(12-13-5-3-2-4-6-13)16(23)11-21-17(24)14-7-9-15(10-8-14)25-18(19)20/h7-10,13,18H,2-6,11-12H2,1H3,(H,21,24).